The van der Waals surface area contributed by atoms with Crippen molar-refractivity contribution in [3.05, 3.63) is 18.3 Å². The molecule has 21 heavy (non-hydrogen) atoms. The molecule has 3 rings (SSSR count). The SMILES string of the molecule is COc1cccnc1N1CCC(N(C)C(=O)C2CC2)CC1. The summed E-state index contributed by atoms with van der Waals surface area (Å²) in [7, 11) is 3.64. The van der Waals surface area contributed by atoms with Crippen LogP contribution in [0.25, 0.3) is 0 Å². The van der Waals surface area contributed by atoms with Crippen molar-refractivity contribution >= 4 is 11.7 Å². The Morgan fingerprint density at radius 2 is 2.05 bits per heavy atom. The van der Waals surface area contributed by atoms with Gasteiger partial charge in [0.05, 0.1) is 7.11 Å². The van der Waals surface area contributed by atoms with Crippen LogP contribution in [-0.4, -0.2) is 49.1 Å². The van der Waals surface area contributed by atoms with E-state index in [-0.39, 0.29) is 0 Å². The number of ether oxygens (including phenoxy) is 1. The second-order valence-corrected chi connectivity index (χ2v) is 5.97. The van der Waals surface area contributed by atoms with Crippen LogP contribution in [0, 0.1) is 5.92 Å². The molecular formula is C16H23N3O2. The van der Waals surface area contributed by atoms with Crippen LogP contribution >= 0.6 is 0 Å². The second kappa shape index (κ2) is 5.92. The van der Waals surface area contributed by atoms with E-state index in [0.717, 1.165) is 50.3 Å². The highest BCUT2D eigenvalue weighted by atomic mass is 16.5. The molecule has 1 aliphatic heterocycles. The van der Waals surface area contributed by atoms with Gasteiger partial charge in [0.2, 0.25) is 5.91 Å². The second-order valence-electron chi connectivity index (χ2n) is 5.97. The predicted molar refractivity (Wildman–Crippen MR) is 81.5 cm³/mol. The van der Waals surface area contributed by atoms with Crippen molar-refractivity contribution in [3.8, 4) is 5.75 Å². The molecule has 0 aromatic carbocycles. The van der Waals surface area contributed by atoms with Gasteiger partial charge in [0.1, 0.15) is 0 Å². The van der Waals surface area contributed by atoms with Gasteiger partial charge in [-0.2, -0.15) is 0 Å². The van der Waals surface area contributed by atoms with Crippen molar-refractivity contribution in [3.63, 3.8) is 0 Å². The number of amides is 1. The molecule has 1 aliphatic carbocycles. The molecule has 1 saturated heterocycles. The predicted octanol–water partition coefficient (Wildman–Crippen LogP) is 1.93. The van der Waals surface area contributed by atoms with Crippen molar-refractivity contribution in [2.75, 3.05) is 32.1 Å². The summed E-state index contributed by atoms with van der Waals surface area (Å²) < 4.78 is 5.38. The van der Waals surface area contributed by atoms with E-state index in [1.807, 2.05) is 24.1 Å². The van der Waals surface area contributed by atoms with Crippen molar-refractivity contribution < 1.29 is 9.53 Å². The third-order valence-electron chi connectivity index (χ3n) is 4.56. The minimum Gasteiger partial charge on any atom is -0.493 e. The summed E-state index contributed by atoms with van der Waals surface area (Å²) in [4.78, 5) is 20.8. The molecule has 5 nitrogen and oxygen atoms in total. The first-order valence-electron chi connectivity index (χ1n) is 7.71. The lowest BCUT2D eigenvalue weighted by Gasteiger charge is -2.37. The summed E-state index contributed by atoms with van der Waals surface area (Å²) in [6.45, 7) is 1.83. The van der Waals surface area contributed by atoms with Gasteiger partial charge in [-0.1, -0.05) is 0 Å². The highest BCUT2D eigenvalue weighted by molar-refractivity contribution is 5.81. The summed E-state index contributed by atoms with van der Waals surface area (Å²) in [5.41, 5.74) is 0. The Labute approximate surface area is 125 Å². The van der Waals surface area contributed by atoms with E-state index in [4.69, 9.17) is 4.74 Å². The zero-order valence-corrected chi connectivity index (χ0v) is 12.8. The van der Waals surface area contributed by atoms with E-state index in [2.05, 4.69) is 9.88 Å². The molecule has 1 aromatic rings. The first kappa shape index (κ1) is 14.2. The first-order valence-corrected chi connectivity index (χ1v) is 7.71. The monoisotopic (exact) mass is 289 g/mol. The van der Waals surface area contributed by atoms with Crippen LogP contribution in [0.3, 0.4) is 0 Å². The normalized spacial score (nSPS) is 19.4. The largest absolute Gasteiger partial charge is 0.493 e. The zero-order chi connectivity index (χ0) is 14.8. The standard InChI is InChI=1S/C16H23N3O2/c1-18(16(20)12-5-6-12)13-7-10-19(11-8-13)15-14(21-2)4-3-9-17-15/h3-4,9,12-13H,5-8,10-11H2,1-2H3. The molecule has 1 saturated carbocycles. The van der Waals surface area contributed by atoms with E-state index in [9.17, 15) is 4.79 Å². The highest BCUT2D eigenvalue weighted by Crippen LogP contribution is 2.33. The van der Waals surface area contributed by atoms with Gasteiger partial charge in [-0.3, -0.25) is 4.79 Å². The molecule has 0 atom stereocenters. The van der Waals surface area contributed by atoms with Crippen LogP contribution in [0.5, 0.6) is 5.75 Å². The van der Waals surface area contributed by atoms with Gasteiger partial charge in [0.25, 0.3) is 0 Å². The maximum absolute atomic E-state index is 12.1. The quantitative estimate of drug-likeness (QED) is 0.849. The van der Waals surface area contributed by atoms with E-state index in [1.165, 1.54) is 0 Å². The molecule has 1 amide bonds. The minimum absolute atomic E-state index is 0.309. The average Bonchev–Trinajstić information content (AvgIpc) is 3.38. The fourth-order valence-corrected chi connectivity index (χ4v) is 3.04. The van der Waals surface area contributed by atoms with Gasteiger partial charge < -0.3 is 14.5 Å². The number of methoxy groups -OCH3 is 1. The summed E-state index contributed by atoms with van der Waals surface area (Å²) in [6.07, 6.45) is 5.94. The molecule has 0 bridgehead atoms. The topological polar surface area (TPSA) is 45.7 Å². The molecular weight excluding hydrogens is 266 g/mol. The Morgan fingerprint density at radius 1 is 1.33 bits per heavy atom. The maximum atomic E-state index is 12.1. The van der Waals surface area contributed by atoms with E-state index < -0.39 is 0 Å². The Hall–Kier alpha value is -1.78. The Kier molecular flexibility index (Phi) is 3.99. The number of carbonyl (C=O) groups excluding carboxylic acids is 1. The first-order chi connectivity index (χ1) is 10.2. The summed E-state index contributed by atoms with van der Waals surface area (Å²) in [5.74, 6) is 2.38. The summed E-state index contributed by atoms with van der Waals surface area (Å²) in [6, 6.07) is 4.19. The van der Waals surface area contributed by atoms with Crippen LogP contribution in [0.15, 0.2) is 18.3 Å². The third kappa shape index (κ3) is 2.96. The van der Waals surface area contributed by atoms with Gasteiger partial charge >= 0.3 is 0 Å². The minimum atomic E-state index is 0.309. The van der Waals surface area contributed by atoms with Crippen LogP contribution in [0.2, 0.25) is 0 Å². The Bertz CT molecular complexity index is 508. The number of hydrogen-bond donors (Lipinski definition) is 0. The van der Waals surface area contributed by atoms with Gasteiger partial charge in [-0.25, -0.2) is 4.98 Å². The van der Waals surface area contributed by atoms with Gasteiger partial charge in [-0.05, 0) is 37.8 Å². The van der Waals surface area contributed by atoms with Crippen molar-refractivity contribution in [2.24, 2.45) is 5.92 Å². The molecule has 2 aliphatic rings. The maximum Gasteiger partial charge on any atom is 0.225 e. The molecule has 5 heteroatoms. The van der Waals surface area contributed by atoms with Crippen LogP contribution in [0.1, 0.15) is 25.7 Å². The van der Waals surface area contributed by atoms with E-state index in [1.54, 1.807) is 13.3 Å². The van der Waals surface area contributed by atoms with Gasteiger partial charge in [0, 0.05) is 38.3 Å². The smallest absolute Gasteiger partial charge is 0.225 e. The summed E-state index contributed by atoms with van der Waals surface area (Å²) in [5, 5.41) is 0. The van der Waals surface area contributed by atoms with Gasteiger partial charge in [-0.15, -0.1) is 0 Å². The molecule has 0 spiro atoms. The zero-order valence-electron chi connectivity index (χ0n) is 12.8. The Morgan fingerprint density at radius 3 is 2.67 bits per heavy atom. The molecule has 2 heterocycles. The number of rotatable bonds is 4. The number of nitrogens with zero attached hydrogens (tertiary/aromatic N) is 3. The molecule has 0 radical (unpaired) electrons. The Balaban J connectivity index is 1.60. The lowest BCUT2D eigenvalue weighted by Crippen LogP contribution is -2.46. The average molecular weight is 289 g/mol. The number of piperidine rings is 1. The fraction of sp³-hybridized carbons (Fsp3) is 0.625. The van der Waals surface area contributed by atoms with E-state index in [0.29, 0.717) is 17.9 Å². The van der Waals surface area contributed by atoms with Crippen LogP contribution < -0.4 is 9.64 Å². The lowest BCUT2D eigenvalue weighted by molar-refractivity contribution is -0.133. The van der Waals surface area contributed by atoms with Crippen molar-refractivity contribution in [2.45, 2.75) is 31.7 Å². The fourth-order valence-electron chi connectivity index (χ4n) is 3.04. The highest BCUT2D eigenvalue weighted by Gasteiger charge is 2.35. The number of hydrogen-bond acceptors (Lipinski definition) is 4. The molecule has 2 fully saturated rings. The molecule has 0 unspecified atom stereocenters. The van der Waals surface area contributed by atoms with Crippen molar-refractivity contribution in [1.82, 2.24) is 9.88 Å². The number of carbonyl (C=O) groups is 1. The van der Waals surface area contributed by atoms with Gasteiger partial charge in [0.15, 0.2) is 11.6 Å². The molecule has 1 aromatic heterocycles. The number of anilines is 1. The number of aromatic nitrogens is 1. The third-order valence-corrected chi connectivity index (χ3v) is 4.56. The summed E-state index contributed by atoms with van der Waals surface area (Å²) >= 11 is 0. The molecule has 114 valence electrons. The lowest BCUT2D eigenvalue weighted by atomic mass is 10.0. The molecule has 0 N–H and O–H groups in total. The van der Waals surface area contributed by atoms with Crippen LogP contribution in [-0.2, 0) is 4.79 Å². The van der Waals surface area contributed by atoms with E-state index >= 15 is 0 Å². The van der Waals surface area contributed by atoms with Crippen molar-refractivity contribution in [1.29, 1.82) is 0 Å². The number of pyridine rings is 1. The van der Waals surface area contributed by atoms with Crippen LogP contribution in [0.4, 0.5) is 5.82 Å².